The van der Waals surface area contributed by atoms with Gasteiger partial charge in [-0.3, -0.25) is 0 Å². The fourth-order valence-electron chi connectivity index (χ4n) is 2.14. The quantitative estimate of drug-likeness (QED) is 0.866. The highest BCUT2D eigenvalue weighted by molar-refractivity contribution is 5.55. The molecule has 1 saturated heterocycles. The van der Waals surface area contributed by atoms with Crippen LogP contribution in [0, 0.1) is 0 Å². The minimum atomic E-state index is -4.62. The molecule has 1 atom stereocenters. The summed E-state index contributed by atoms with van der Waals surface area (Å²) in [6.45, 7) is 1.50. The molecule has 1 heterocycles. The second kappa shape index (κ2) is 4.56. The lowest BCUT2D eigenvalue weighted by Crippen LogP contribution is -2.25. The summed E-state index contributed by atoms with van der Waals surface area (Å²) in [6.07, 6.45) is -5.05. The van der Waals surface area contributed by atoms with Crippen molar-refractivity contribution in [1.82, 2.24) is 0 Å². The van der Waals surface area contributed by atoms with Crippen LogP contribution in [0.1, 0.15) is 24.5 Å². The van der Waals surface area contributed by atoms with Crippen molar-refractivity contribution in [2.45, 2.75) is 25.1 Å². The van der Waals surface area contributed by atoms with Crippen LogP contribution in [0.25, 0.3) is 0 Å². The summed E-state index contributed by atoms with van der Waals surface area (Å²) in [7, 11) is 0. The monoisotopic (exact) mass is 245 g/mol. The van der Waals surface area contributed by atoms with Gasteiger partial charge in [0.05, 0.1) is 0 Å². The van der Waals surface area contributed by atoms with Crippen molar-refractivity contribution in [2.24, 2.45) is 0 Å². The summed E-state index contributed by atoms with van der Waals surface area (Å²) in [6, 6.07) is 6.19. The molecule has 0 bridgehead atoms. The minimum absolute atomic E-state index is 0.0538. The maximum atomic E-state index is 12.5. The number of aliphatic hydroxyl groups is 1. The molecular weight excluding hydrogens is 231 g/mol. The third-order valence-electron chi connectivity index (χ3n) is 2.99. The predicted octanol–water partition coefficient (Wildman–Crippen LogP) is 2.88. The minimum Gasteiger partial charge on any atom is -0.379 e. The van der Waals surface area contributed by atoms with Crippen LogP contribution in [0.5, 0.6) is 0 Å². The van der Waals surface area contributed by atoms with Gasteiger partial charge in [0.15, 0.2) is 6.10 Å². The van der Waals surface area contributed by atoms with Crippen molar-refractivity contribution < 1.29 is 18.3 Å². The Balaban J connectivity index is 2.33. The maximum absolute atomic E-state index is 12.5. The number of hydrogen-bond acceptors (Lipinski definition) is 2. The van der Waals surface area contributed by atoms with E-state index in [2.05, 4.69) is 0 Å². The number of nitrogens with zero attached hydrogens (tertiary/aromatic N) is 1. The van der Waals surface area contributed by atoms with E-state index >= 15 is 0 Å². The van der Waals surface area contributed by atoms with Crippen molar-refractivity contribution in [3.8, 4) is 0 Å². The molecule has 0 aliphatic carbocycles. The molecule has 1 aliphatic heterocycles. The largest absolute Gasteiger partial charge is 0.418 e. The topological polar surface area (TPSA) is 23.5 Å². The first-order chi connectivity index (χ1) is 8.00. The van der Waals surface area contributed by atoms with E-state index < -0.39 is 12.3 Å². The molecule has 17 heavy (non-hydrogen) atoms. The van der Waals surface area contributed by atoms with Crippen LogP contribution < -0.4 is 4.90 Å². The van der Waals surface area contributed by atoms with E-state index in [1.54, 1.807) is 12.1 Å². The van der Waals surface area contributed by atoms with Crippen LogP contribution in [0.15, 0.2) is 24.3 Å². The normalized spacial score (nSPS) is 18.5. The third-order valence-corrected chi connectivity index (χ3v) is 2.99. The van der Waals surface area contributed by atoms with Gasteiger partial charge in [-0.15, -0.1) is 0 Å². The number of anilines is 1. The highest BCUT2D eigenvalue weighted by Crippen LogP contribution is 2.37. The molecule has 1 aliphatic rings. The van der Waals surface area contributed by atoms with E-state index in [-0.39, 0.29) is 5.56 Å². The standard InChI is InChI=1S/C12H14F3NO/c13-12(14,15)11(17)9-5-1-2-6-10(9)16-7-3-4-8-16/h1-2,5-6,11,17H,3-4,7-8H2. The summed E-state index contributed by atoms with van der Waals surface area (Å²) >= 11 is 0. The van der Waals surface area contributed by atoms with Gasteiger partial charge in [-0.1, -0.05) is 18.2 Å². The maximum Gasteiger partial charge on any atom is 0.418 e. The van der Waals surface area contributed by atoms with Gasteiger partial charge in [0, 0.05) is 24.3 Å². The van der Waals surface area contributed by atoms with Crippen LogP contribution >= 0.6 is 0 Å². The Labute approximate surface area is 97.7 Å². The van der Waals surface area contributed by atoms with Crippen molar-refractivity contribution in [3.05, 3.63) is 29.8 Å². The summed E-state index contributed by atoms with van der Waals surface area (Å²) < 4.78 is 37.6. The first-order valence-electron chi connectivity index (χ1n) is 5.59. The zero-order chi connectivity index (χ0) is 12.5. The van der Waals surface area contributed by atoms with Gasteiger partial charge in [-0.2, -0.15) is 13.2 Å². The molecule has 5 heteroatoms. The van der Waals surface area contributed by atoms with E-state index in [0.717, 1.165) is 25.9 Å². The Bertz CT molecular complexity index is 386. The Morgan fingerprint density at radius 2 is 1.71 bits per heavy atom. The van der Waals surface area contributed by atoms with Crippen LogP contribution in [-0.4, -0.2) is 24.4 Å². The summed E-state index contributed by atoms with van der Waals surface area (Å²) in [5.74, 6) is 0. The first-order valence-corrected chi connectivity index (χ1v) is 5.59. The van der Waals surface area contributed by atoms with Crippen LogP contribution in [0.3, 0.4) is 0 Å². The molecule has 0 spiro atoms. The van der Waals surface area contributed by atoms with Gasteiger partial charge in [0.1, 0.15) is 0 Å². The van der Waals surface area contributed by atoms with Crippen LogP contribution in [-0.2, 0) is 0 Å². The molecule has 1 unspecified atom stereocenters. The average Bonchev–Trinajstić information content (AvgIpc) is 2.80. The van der Waals surface area contributed by atoms with Gasteiger partial charge in [-0.05, 0) is 18.9 Å². The molecular formula is C12H14F3NO. The lowest BCUT2D eigenvalue weighted by atomic mass is 10.1. The molecule has 0 radical (unpaired) electrons. The summed E-state index contributed by atoms with van der Waals surface area (Å²) in [5, 5.41) is 9.35. The Morgan fingerprint density at radius 1 is 1.12 bits per heavy atom. The Hall–Kier alpha value is -1.23. The second-order valence-corrected chi connectivity index (χ2v) is 4.20. The lowest BCUT2D eigenvalue weighted by Gasteiger charge is -2.24. The smallest absolute Gasteiger partial charge is 0.379 e. The average molecular weight is 245 g/mol. The van der Waals surface area contributed by atoms with Crippen molar-refractivity contribution in [2.75, 3.05) is 18.0 Å². The van der Waals surface area contributed by atoms with Crippen LogP contribution in [0.4, 0.5) is 18.9 Å². The molecule has 0 saturated carbocycles. The van der Waals surface area contributed by atoms with E-state index in [4.69, 9.17) is 0 Å². The van der Waals surface area contributed by atoms with Crippen molar-refractivity contribution in [1.29, 1.82) is 0 Å². The van der Waals surface area contributed by atoms with Crippen LogP contribution in [0.2, 0.25) is 0 Å². The first kappa shape index (κ1) is 12.2. The zero-order valence-electron chi connectivity index (χ0n) is 9.24. The Morgan fingerprint density at radius 3 is 2.29 bits per heavy atom. The number of para-hydroxylation sites is 1. The highest BCUT2D eigenvalue weighted by Gasteiger charge is 2.41. The number of benzene rings is 1. The molecule has 1 aromatic rings. The molecule has 94 valence electrons. The van der Waals surface area contributed by atoms with Crippen molar-refractivity contribution >= 4 is 5.69 Å². The predicted molar refractivity (Wildman–Crippen MR) is 58.9 cm³/mol. The van der Waals surface area contributed by atoms with E-state index in [1.165, 1.54) is 12.1 Å². The molecule has 1 fully saturated rings. The fraction of sp³-hybridized carbons (Fsp3) is 0.500. The van der Waals surface area contributed by atoms with Gasteiger partial charge >= 0.3 is 6.18 Å². The van der Waals surface area contributed by atoms with Gasteiger partial charge in [0.25, 0.3) is 0 Å². The molecule has 2 rings (SSSR count). The third kappa shape index (κ3) is 2.54. The van der Waals surface area contributed by atoms with E-state index in [9.17, 15) is 18.3 Å². The molecule has 0 aromatic heterocycles. The second-order valence-electron chi connectivity index (χ2n) is 4.20. The van der Waals surface area contributed by atoms with E-state index in [1.807, 2.05) is 4.90 Å². The van der Waals surface area contributed by atoms with Gasteiger partial charge in [-0.25, -0.2) is 0 Å². The summed E-state index contributed by atoms with van der Waals surface area (Å²) in [5.41, 5.74) is 0.441. The fourth-order valence-corrected chi connectivity index (χ4v) is 2.14. The number of halogens is 3. The lowest BCUT2D eigenvalue weighted by molar-refractivity contribution is -0.206. The molecule has 0 amide bonds. The molecule has 1 aromatic carbocycles. The van der Waals surface area contributed by atoms with Gasteiger partial charge < -0.3 is 10.0 Å². The number of rotatable bonds is 2. The molecule has 1 N–H and O–H groups in total. The highest BCUT2D eigenvalue weighted by atomic mass is 19.4. The number of alkyl halides is 3. The van der Waals surface area contributed by atoms with Gasteiger partial charge in [0.2, 0.25) is 0 Å². The van der Waals surface area contributed by atoms with E-state index in [0.29, 0.717) is 5.69 Å². The summed E-state index contributed by atoms with van der Waals surface area (Å²) in [4.78, 5) is 1.89. The SMILES string of the molecule is OC(c1ccccc1N1CCCC1)C(F)(F)F. The number of aliphatic hydroxyl groups excluding tert-OH is 1. The van der Waals surface area contributed by atoms with Crippen molar-refractivity contribution in [3.63, 3.8) is 0 Å². The molecule has 2 nitrogen and oxygen atoms in total. The zero-order valence-corrected chi connectivity index (χ0v) is 9.24. The Kier molecular flexibility index (Phi) is 3.28. The number of hydrogen-bond donors (Lipinski definition) is 1.